The Balaban J connectivity index is 1.75. The van der Waals surface area contributed by atoms with Crippen LogP contribution in [0.2, 0.25) is 5.02 Å². The number of hydrogen-bond donors (Lipinski definition) is 0. The van der Waals surface area contributed by atoms with Crippen molar-refractivity contribution >= 4 is 28.9 Å². The average molecular weight is 381 g/mol. The molecule has 1 aromatic heterocycles. The van der Waals surface area contributed by atoms with Gasteiger partial charge in [0.25, 0.3) is 0 Å². The molecule has 3 rings (SSSR count). The van der Waals surface area contributed by atoms with E-state index in [0.29, 0.717) is 21.2 Å². The maximum Gasteiger partial charge on any atom is 0.358 e. The minimum atomic E-state index is -0.979. The molecule has 0 aliphatic carbocycles. The molecule has 0 spiro atoms. The number of ketones is 1. The average Bonchev–Trinajstić information content (AvgIpc) is 2.91. The second kappa shape index (κ2) is 7.25. The third kappa shape index (κ3) is 4.18. The van der Waals surface area contributed by atoms with E-state index in [0.717, 1.165) is 23.7 Å². The molecule has 8 heteroatoms. The van der Waals surface area contributed by atoms with E-state index in [1.54, 1.807) is 24.3 Å². The van der Waals surface area contributed by atoms with Gasteiger partial charge in [0.2, 0.25) is 0 Å². The molecule has 3 aromatic rings. The van der Waals surface area contributed by atoms with Gasteiger partial charge >= 0.3 is 5.69 Å². The number of hydrogen-bond acceptors (Lipinski definition) is 4. The highest BCUT2D eigenvalue weighted by molar-refractivity contribution is 7.06. The van der Waals surface area contributed by atoms with Gasteiger partial charge in [-0.3, -0.25) is 4.79 Å². The summed E-state index contributed by atoms with van der Waals surface area (Å²) in [5.74, 6) is -2.12. The largest absolute Gasteiger partial charge is 0.358 e. The van der Waals surface area contributed by atoms with Crippen LogP contribution in [-0.2, 0) is 13.0 Å². The molecule has 0 saturated heterocycles. The summed E-state index contributed by atoms with van der Waals surface area (Å²) in [5, 5.41) is 0.879. The molecule has 0 amide bonds. The van der Waals surface area contributed by atoms with Gasteiger partial charge in [0.05, 0.1) is 13.0 Å². The predicted octanol–water partition coefficient (Wildman–Crippen LogP) is 3.71. The Labute approximate surface area is 150 Å². The first-order chi connectivity index (χ1) is 11.9. The monoisotopic (exact) mass is 380 g/mol. The van der Waals surface area contributed by atoms with Crippen LogP contribution in [0.4, 0.5) is 8.78 Å². The number of Topliss-reactive ketones (excluding diaryl/α,β-unsaturated/α-hetero) is 1. The lowest BCUT2D eigenvalue weighted by atomic mass is 10.1. The lowest BCUT2D eigenvalue weighted by Crippen LogP contribution is -2.16. The third-order valence-corrected chi connectivity index (χ3v) is 4.64. The van der Waals surface area contributed by atoms with E-state index < -0.39 is 17.3 Å². The number of benzene rings is 2. The summed E-state index contributed by atoms with van der Waals surface area (Å²) in [6, 6.07) is 9.85. The lowest BCUT2D eigenvalue weighted by molar-refractivity contribution is 0.0993. The van der Waals surface area contributed by atoms with E-state index in [1.165, 1.54) is 10.0 Å². The molecule has 25 heavy (non-hydrogen) atoms. The Hall–Kier alpha value is -2.38. The van der Waals surface area contributed by atoms with Gasteiger partial charge in [0.1, 0.15) is 5.01 Å². The van der Waals surface area contributed by atoms with Crippen LogP contribution in [0.3, 0.4) is 0 Å². The van der Waals surface area contributed by atoms with Crippen molar-refractivity contribution in [2.75, 3.05) is 0 Å². The van der Waals surface area contributed by atoms with Gasteiger partial charge in [-0.15, -0.1) is 0 Å². The van der Waals surface area contributed by atoms with Crippen molar-refractivity contribution in [3.63, 3.8) is 0 Å². The van der Waals surface area contributed by atoms with E-state index in [2.05, 4.69) is 4.98 Å². The SMILES string of the molecule is O=C(Cc1nc(=O)n(Cc2ccc(F)c(F)c2)s1)c1ccc(Cl)cc1. The molecule has 0 saturated carbocycles. The standard InChI is InChI=1S/C17H11ClF2N2O2S/c18-12-4-2-11(3-5-12)15(23)8-16-21-17(24)22(25-16)9-10-1-6-13(19)14(20)7-10/h1-7H,8-9H2. The molecule has 0 N–H and O–H groups in total. The van der Waals surface area contributed by atoms with Gasteiger partial charge in [0.15, 0.2) is 17.4 Å². The van der Waals surface area contributed by atoms with Crippen LogP contribution < -0.4 is 5.69 Å². The van der Waals surface area contributed by atoms with Crippen molar-refractivity contribution < 1.29 is 13.6 Å². The summed E-state index contributed by atoms with van der Waals surface area (Å²) in [4.78, 5) is 28.0. The maximum absolute atomic E-state index is 13.2. The molecule has 4 nitrogen and oxygen atoms in total. The number of carbonyl (C=O) groups is 1. The Morgan fingerprint density at radius 3 is 2.52 bits per heavy atom. The maximum atomic E-state index is 13.2. The van der Waals surface area contributed by atoms with Crippen molar-refractivity contribution in [1.82, 2.24) is 8.94 Å². The molecule has 0 aliphatic heterocycles. The van der Waals surface area contributed by atoms with E-state index in [1.807, 2.05) is 0 Å². The van der Waals surface area contributed by atoms with Crippen molar-refractivity contribution in [2.24, 2.45) is 0 Å². The fraction of sp³-hybridized carbons (Fsp3) is 0.118. The van der Waals surface area contributed by atoms with E-state index >= 15 is 0 Å². The second-order valence-corrected chi connectivity index (χ2v) is 6.80. The van der Waals surface area contributed by atoms with Gasteiger partial charge in [-0.05, 0) is 53.5 Å². The summed E-state index contributed by atoms with van der Waals surface area (Å²) < 4.78 is 27.5. The zero-order valence-electron chi connectivity index (χ0n) is 12.7. The van der Waals surface area contributed by atoms with Crippen molar-refractivity contribution in [2.45, 2.75) is 13.0 Å². The normalized spacial score (nSPS) is 10.8. The quantitative estimate of drug-likeness (QED) is 0.634. The Morgan fingerprint density at radius 2 is 1.84 bits per heavy atom. The predicted molar refractivity (Wildman–Crippen MR) is 91.3 cm³/mol. The van der Waals surface area contributed by atoms with Gasteiger partial charge in [-0.25, -0.2) is 17.5 Å². The van der Waals surface area contributed by atoms with Crippen LogP contribution in [0.25, 0.3) is 0 Å². The number of halogens is 3. The van der Waals surface area contributed by atoms with Gasteiger partial charge < -0.3 is 0 Å². The van der Waals surface area contributed by atoms with Crippen LogP contribution in [0, 0.1) is 11.6 Å². The molecule has 0 atom stereocenters. The van der Waals surface area contributed by atoms with Crippen LogP contribution in [0.1, 0.15) is 20.9 Å². The molecular formula is C17H11ClF2N2O2S. The number of aromatic nitrogens is 2. The molecule has 0 fully saturated rings. The summed E-state index contributed by atoms with van der Waals surface area (Å²) in [6.07, 6.45) is -0.0215. The molecule has 128 valence electrons. The van der Waals surface area contributed by atoms with E-state index in [4.69, 9.17) is 11.6 Å². The van der Waals surface area contributed by atoms with Gasteiger partial charge in [0, 0.05) is 10.6 Å². The van der Waals surface area contributed by atoms with E-state index in [-0.39, 0.29) is 18.7 Å². The molecule has 0 radical (unpaired) electrons. The van der Waals surface area contributed by atoms with Crippen LogP contribution in [-0.4, -0.2) is 14.7 Å². The second-order valence-electron chi connectivity index (χ2n) is 5.27. The Kier molecular flexibility index (Phi) is 5.06. The molecule has 0 bridgehead atoms. The van der Waals surface area contributed by atoms with Crippen molar-refractivity contribution in [1.29, 1.82) is 0 Å². The fourth-order valence-electron chi connectivity index (χ4n) is 2.20. The van der Waals surface area contributed by atoms with E-state index in [9.17, 15) is 18.4 Å². The van der Waals surface area contributed by atoms with Crippen molar-refractivity contribution in [3.05, 3.63) is 85.7 Å². The number of rotatable bonds is 5. The lowest BCUT2D eigenvalue weighted by Gasteiger charge is -2.01. The first-order valence-electron chi connectivity index (χ1n) is 7.22. The fourth-order valence-corrected chi connectivity index (χ4v) is 3.23. The summed E-state index contributed by atoms with van der Waals surface area (Å²) in [7, 11) is 0. The topological polar surface area (TPSA) is 52.0 Å². The highest BCUT2D eigenvalue weighted by Crippen LogP contribution is 2.14. The molecular weight excluding hydrogens is 370 g/mol. The van der Waals surface area contributed by atoms with Crippen molar-refractivity contribution in [3.8, 4) is 0 Å². The van der Waals surface area contributed by atoms with Crippen LogP contribution >= 0.6 is 23.1 Å². The molecule has 1 heterocycles. The number of carbonyl (C=O) groups excluding carboxylic acids is 1. The Bertz CT molecular complexity index is 983. The molecule has 2 aromatic carbocycles. The molecule has 0 aliphatic rings. The van der Waals surface area contributed by atoms with Gasteiger partial charge in [-0.1, -0.05) is 17.7 Å². The highest BCUT2D eigenvalue weighted by Gasteiger charge is 2.13. The first kappa shape index (κ1) is 17.4. The minimum absolute atomic E-state index is 0.0215. The molecule has 0 unspecified atom stereocenters. The van der Waals surface area contributed by atoms with Crippen LogP contribution in [0.5, 0.6) is 0 Å². The summed E-state index contributed by atoms with van der Waals surface area (Å²) >= 11 is 6.80. The smallest absolute Gasteiger partial charge is 0.294 e. The third-order valence-electron chi connectivity index (χ3n) is 3.44. The number of nitrogens with zero attached hydrogens (tertiary/aromatic N) is 2. The zero-order valence-corrected chi connectivity index (χ0v) is 14.3. The van der Waals surface area contributed by atoms with Gasteiger partial charge in [-0.2, -0.15) is 4.98 Å². The summed E-state index contributed by atoms with van der Waals surface area (Å²) in [5.41, 5.74) is 0.369. The highest BCUT2D eigenvalue weighted by atomic mass is 35.5. The first-order valence-corrected chi connectivity index (χ1v) is 8.37. The minimum Gasteiger partial charge on any atom is -0.294 e. The van der Waals surface area contributed by atoms with Crippen LogP contribution in [0.15, 0.2) is 47.3 Å². The zero-order chi connectivity index (χ0) is 18.0. The summed E-state index contributed by atoms with van der Waals surface area (Å²) in [6.45, 7) is 0.0584. The Morgan fingerprint density at radius 1 is 1.12 bits per heavy atom.